The number of Topliss-reactive ketones (excluding diaryl/α,β-unsaturated/α-hetero) is 1. The van der Waals surface area contributed by atoms with Crippen molar-refractivity contribution in [1.29, 1.82) is 0 Å². The first-order valence-corrected chi connectivity index (χ1v) is 8.30. The van der Waals surface area contributed by atoms with Crippen LogP contribution in [-0.2, 0) is 11.3 Å². The molecule has 8 heteroatoms. The third kappa shape index (κ3) is 3.98. The lowest BCUT2D eigenvalue weighted by molar-refractivity contribution is -0.116. The molecule has 140 valence electrons. The van der Waals surface area contributed by atoms with E-state index >= 15 is 0 Å². The average molecular weight is 395 g/mol. The molecular weight excluding hydrogens is 381 g/mol. The molecule has 27 heavy (non-hydrogen) atoms. The van der Waals surface area contributed by atoms with Crippen LogP contribution in [-0.4, -0.2) is 22.4 Å². The molecule has 0 aliphatic heterocycles. The number of benzene rings is 2. The minimum atomic E-state index is -4.99. The van der Waals surface area contributed by atoms with Crippen molar-refractivity contribution in [2.75, 3.05) is 5.32 Å². The van der Waals surface area contributed by atoms with Gasteiger partial charge in [-0.3, -0.25) is 9.59 Å². The normalized spacial score (nSPS) is 11.6. The Bertz CT molecular complexity index is 1040. The summed E-state index contributed by atoms with van der Waals surface area (Å²) >= 11 is 6.02. The van der Waals surface area contributed by atoms with Crippen LogP contribution in [0.5, 0.6) is 0 Å². The zero-order chi connectivity index (χ0) is 19.8. The second-order valence-electron chi connectivity index (χ2n) is 6.03. The monoisotopic (exact) mass is 394 g/mol. The minimum Gasteiger partial charge on any atom is -0.337 e. The number of alkyl halides is 3. The summed E-state index contributed by atoms with van der Waals surface area (Å²) in [5.41, 5.74) is 1.20. The summed E-state index contributed by atoms with van der Waals surface area (Å²) in [5, 5.41) is 3.27. The predicted molar refractivity (Wildman–Crippen MR) is 97.1 cm³/mol. The highest BCUT2D eigenvalue weighted by atomic mass is 35.5. The fourth-order valence-corrected chi connectivity index (χ4v) is 2.92. The second kappa shape index (κ2) is 7.08. The third-order valence-electron chi connectivity index (χ3n) is 4.06. The molecule has 1 amide bonds. The van der Waals surface area contributed by atoms with Crippen molar-refractivity contribution in [2.45, 2.75) is 19.6 Å². The van der Waals surface area contributed by atoms with Crippen molar-refractivity contribution >= 4 is 39.9 Å². The lowest BCUT2D eigenvalue weighted by Gasteiger charge is -2.08. The molecule has 0 bridgehead atoms. The van der Waals surface area contributed by atoms with Gasteiger partial charge in [-0.1, -0.05) is 35.9 Å². The Kier molecular flexibility index (Phi) is 4.97. The molecule has 0 radical (unpaired) electrons. The number of fused-ring (bicyclic) bond motifs is 1. The van der Waals surface area contributed by atoms with Gasteiger partial charge in [0.2, 0.25) is 5.91 Å². The molecule has 2 aromatic carbocycles. The van der Waals surface area contributed by atoms with E-state index in [1.54, 1.807) is 30.3 Å². The summed E-state index contributed by atoms with van der Waals surface area (Å²) in [6.07, 6.45) is -3.93. The van der Waals surface area contributed by atoms with Gasteiger partial charge in [-0.15, -0.1) is 0 Å². The SMILES string of the molecule is Cc1ccc(NC(=O)Cn2cc(C(=O)C(F)(F)F)c3ccccc32)cc1Cl. The van der Waals surface area contributed by atoms with Crippen LogP contribution in [0.2, 0.25) is 5.02 Å². The van der Waals surface area contributed by atoms with Gasteiger partial charge in [0.1, 0.15) is 6.54 Å². The maximum atomic E-state index is 12.8. The lowest BCUT2D eigenvalue weighted by atomic mass is 10.1. The number of nitrogens with one attached hydrogen (secondary N) is 1. The van der Waals surface area contributed by atoms with E-state index in [9.17, 15) is 22.8 Å². The van der Waals surface area contributed by atoms with Gasteiger partial charge in [0.15, 0.2) is 0 Å². The molecule has 0 saturated heterocycles. The molecule has 0 spiro atoms. The van der Waals surface area contributed by atoms with E-state index in [4.69, 9.17) is 11.6 Å². The minimum absolute atomic E-state index is 0.144. The number of halogens is 4. The maximum absolute atomic E-state index is 12.8. The van der Waals surface area contributed by atoms with E-state index in [1.165, 1.54) is 16.7 Å². The Morgan fingerprint density at radius 1 is 1.15 bits per heavy atom. The molecule has 0 atom stereocenters. The standard InChI is InChI=1S/C19H14ClF3N2O2/c1-11-6-7-12(8-15(11)20)24-17(26)10-25-9-14(18(27)19(21,22)23)13-4-2-3-5-16(13)25/h2-9H,10H2,1H3,(H,24,26). The van der Waals surface area contributed by atoms with Gasteiger partial charge in [0.25, 0.3) is 5.78 Å². The molecule has 0 unspecified atom stereocenters. The quantitative estimate of drug-likeness (QED) is 0.634. The average Bonchev–Trinajstić information content (AvgIpc) is 2.95. The zero-order valence-electron chi connectivity index (χ0n) is 14.1. The number of nitrogens with zero attached hydrogens (tertiary/aromatic N) is 1. The van der Waals surface area contributed by atoms with Gasteiger partial charge < -0.3 is 9.88 Å². The molecule has 3 aromatic rings. The van der Waals surface area contributed by atoms with E-state index in [0.717, 1.165) is 11.8 Å². The summed E-state index contributed by atoms with van der Waals surface area (Å²) in [6, 6.07) is 11.1. The summed E-state index contributed by atoms with van der Waals surface area (Å²) in [4.78, 5) is 24.0. The number of anilines is 1. The van der Waals surface area contributed by atoms with Crippen LogP contribution >= 0.6 is 11.6 Å². The van der Waals surface area contributed by atoms with Crippen LogP contribution in [0.1, 0.15) is 15.9 Å². The Hall–Kier alpha value is -2.80. The molecule has 1 heterocycles. The van der Waals surface area contributed by atoms with Crippen LogP contribution in [0, 0.1) is 6.92 Å². The van der Waals surface area contributed by atoms with Gasteiger partial charge in [-0.2, -0.15) is 13.2 Å². The van der Waals surface area contributed by atoms with Gasteiger partial charge in [0, 0.05) is 27.8 Å². The molecule has 4 nitrogen and oxygen atoms in total. The number of amides is 1. The van der Waals surface area contributed by atoms with Crippen molar-refractivity contribution in [1.82, 2.24) is 4.57 Å². The zero-order valence-corrected chi connectivity index (χ0v) is 14.9. The van der Waals surface area contributed by atoms with Gasteiger partial charge >= 0.3 is 6.18 Å². The molecule has 3 rings (SSSR count). The lowest BCUT2D eigenvalue weighted by Crippen LogP contribution is -2.22. The van der Waals surface area contributed by atoms with E-state index in [0.29, 0.717) is 16.2 Å². The predicted octanol–water partition coefficient (Wildman–Crippen LogP) is 4.99. The van der Waals surface area contributed by atoms with Crippen LogP contribution in [0.4, 0.5) is 18.9 Å². The Labute approximate surface area is 157 Å². The smallest absolute Gasteiger partial charge is 0.337 e. The number of rotatable bonds is 4. The molecular formula is C19H14ClF3N2O2. The Balaban J connectivity index is 1.89. The first-order chi connectivity index (χ1) is 12.7. The number of para-hydroxylation sites is 1. The number of carbonyl (C=O) groups excluding carboxylic acids is 2. The molecule has 0 aliphatic rings. The van der Waals surface area contributed by atoms with Crippen molar-refractivity contribution < 1.29 is 22.8 Å². The molecule has 0 aliphatic carbocycles. The number of aromatic nitrogens is 1. The van der Waals surface area contributed by atoms with E-state index in [2.05, 4.69) is 5.32 Å². The topological polar surface area (TPSA) is 51.1 Å². The highest BCUT2D eigenvalue weighted by molar-refractivity contribution is 6.31. The van der Waals surface area contributed by atoms with Gasteiger partial charge in [-0.25, -0.2) is 0 Å². The van der Waals surface area contributed by atoms with Crippen molar-refractivity contribution in [2.24, 2.45) is 0 Å². The van der Waals surface area contributed by atoms with Crippen molar-refractivity contribution in [3.63, 3.8) is 0 Å². The fourth-order valence-electron chi connectivity index (χ4n) is 2.74. The summed E-state index contributed by atoms with van der Waals surface area (Å²) in [7, 11) is 0. The molecule has 0 saturated carbocycles. The molecule has 0 fully saturated rings. The number of aryl methyl sites for hydroxylation is 1. The molecule has 1 aromatic heterocycles. The third-order valence-corrected chi connectivity index (χ3v) is 4.47. The second-order valence-corrected chi connectivity index (χ2v) is 6.43. The van der Waals surface area contributed by atoms with Gasteiger partial charge in [0.05, 0.1) is 5.56 Å². The Morgan fingerprint density at radius 3 is 2.52 bits per heavy atom. The largest absolute Gasteiger partial charge is 0.454 e. The van der Waals surface area contributed by atoms with Crippen molar-refractivity contribution in [3.8, 4) is 0 Å². The van der Waals surface area contributed by atoms with Crippen LogP contribution in [0.25, 0.3) is 10.9 Å². The van der Waals surface area contributed by atoms with Crippen LogP contribution in [0.15, 0.2) is 48.7 Å². The summed E-state index contributed by atoms with van der Waals surface area (Å²) < 4.78 is 39.8. The van der Waals surface area contributed by atoms with E-state index in [1.807, 2.05) is 6.92 Å². The first-order valence-electron chi connectivity index (χ1n) is 7.92. The van der Waals surface area contributed by atoms with E-state index in [-0.39, 0.29) is 11.9 Å². The molecule has 1 N–H and O–H groups in total. The first kappa shape index (κ1) is 19.0. The summed E-state index contributed by atoms with van der Waals surface area (Å²) in [6.45, 7) is 1.57. The number of hydrogen-bond acceptors (Lipinski definition) is 2. The van der Waals surface area contributed by atoms with Gasteiger partial charge in [-0.05, 0) is 30.7 Å². The number of hydrogen-bond donors (Lipinski definition) is 1. The van der Waals surface area contributed by atoms with Crippen molar-refractivity contribution in [3.05, 3.63) is 64.8 Å². The maximum Gasteiger partial charge on any atom is 0.454 e. The summed E-state index contributed by atoms with van der Waals surface area (Å²) in [5.74, 6) is -2.40. The number of carbonyl (C=O) groups is 2. The van der Waals surface area contributed by atoms with E-state index < -0.39 is 23.4 Å². The highest BCUT2D eigenvalue weighted by Crippen LogP contribution is 2.28. The van der Waals surface area contributed by atoms with Crippen LogP contribution in [0.3, 0.4) is 0 Å². The number of ketones is 1. The highest BCUT2D eigenvalue weighted by Gasteiger charge is 2.40. The fraction of sp³-hybridized carbons (Fsp3) is 0.158. The van der Waals surface area contributed by atoms with Crippen LogP contribution < -0.4 is 5.32 Å². The Morgan fingerprint density at radius 2 is 1.85 bits per heavy atom.